The average molecular weight is 188 g/mol. The summed E-state index contributed by atoms with van der Waals surface area (Å²) >= 11 is 0. The first-order valence-electron chi connectivity index (χ1n) is 4.44. The van der Waals surface area contributed by atoms with E-state index in [9.17, 15) is 0 Å². The molecule has 0 unspecified atom stereocenters. The zero-order chi connectivity index (χ0) is 9.97. The third-order valence-corrected chi connectivity index (χ3v) is 2.10. The number of anilines is 1. The molecule has 72 valence electrons. The van der Waals surface area contributed by atoms with Crippen LogP contribution in [0.4, 0.5) is 5.69 Å². The van der Waals surface area contributed by atoms with Gasteiger partial charge in [0.05, 0.1) is 18.4 Å². The van der Waals surface area contributed by atoms with Gasteiger partial charge in [-0.15, -0.1) is 0 Å². The molecule has 2 rings (SSSR count). The minimum atomic E-state index is 0.687. The number of aromatic nitrogens is 3. The third-order valence-electron chi connectivity index (χ3n) is 2.10. The van der Waals surface area contributed by atoms with Gasteiger partial charge in [0.2, 0.25) is 0 Å². The monoisotopic (exact) mass is 188 g/mol. The Kier molecular flexibility index (Phi) is 2.18. The molecule has 0 saturated carbocycles. The molecule has 2 aromatic heterocycles. The maximum absolute atomic E-state index is 5.57. The molecule has 0 atom stereocenters. The summed E-state index contributed by atoms with van der Waals surface area (Å²) in [7, 11) is 0. The van der Waals surface area contributed by atoms with Gasteiger partial charge in [0.15, 0.2) is 0 Å². The molecule has 0 radical (unpaired) electrons. The summed E-state index contributed by atoms with van der Waals surface area (Å²) in [5.41, 5.74) is 8.45. The summed E-state index contributed by atoms with van der Waals surface area (Å²) in [4.78, 5) is 4.21. The van der Waals surface area contributed by atoms with Crippen LogP contribution in [0.5, 0.6) is 0 Å². The summed E-state index contributed by atoms with van der Waals surface area (Å²) in [5, 5.41) is 4.12. The molecule has 0 spiro atoms. The highest BCUT2D eigenvalue weighted by Gasteiger charge is 2.00. The van der Waals surface area contributed by atoms with Crippen molar-refractivity contribution in [2.24, 2.45) is 0 Å². The second kappa shape index (κ2) is 3.49. The van der Waals surface area contributed by atoms with E-state index in [0.29, 0.717) is 5.69 Å². The predicted octanol–water partition coefficient (Wildman–Crippen LogP) is 1.22. The van der Waals surface area contributed by atoms with Crippen LogP contribution in [0.25, 0.3) is 0 Å². The molecule has 0 saturated heterocycles. The molecule has 0 amide bonds. The van der Waals surface area contributed by atoms with Gasteiger partial charge in [-0.1, -0.05) is 6.07 Å². The quantitative estimate of drug-likeness (QED) is 0.770. The third kappa shape index (κ3) is 1.74. The van der Waals surface area contributed by atoms with Crippen LogP contribution in [0.3, 0.4) is 0 Å². The van der Waals surface area contributed by atoms with E-state index in [1.54, 1.807) is 17.1 Å². The Balaban J connectivity index is 2.23. The van der Waals surface area contributed by atoms with Gasteiger partial charge in [-0.2, -0.15) is 5.10 Å². The molecule has 0 aliphatic rings. The Hall–Kier alpha value is -1.84. The molecule has 2 aromatic rings. The fraction of sp³-hybridized carbons (Fsp3) is 0.200. The summed E-state index contributed by atoms with van der Waals surface area (Å²) in [5.74, 6) is 0. The number of hydrogen-bond acceptors (Lipinski definition) is 3. The normalized spacial score (nSPS) is 10.4. The fourth-order valence-corrected chi connectivity index (χ4v) is 1.33. The number of nitrogens with zero attached hydrogens (tertiary/aromatic N) is 3. The van der Waals surface area contributed by atoms with Gasteiger partial charge >= 0.3 is 0 Å². The largest absolute Gasteiger partial charge is 0.396 e. The molecule has 2 heterocycles. The van der Waals surface area contributed by atoms with Crippen molar-refractivity contribution >= 4 is 5.69 Å². The fourth-order valence-electron chi connectivity index (χ4n) is 1.33. The smallest absolute Gasteiger partial charge is 0.0719 e. The zero-order valence-electron chi connectivity index (χ0n) is 8.01. The van der Waals surface area contributed by atoms with Crippen molar-refractivity contribution in [1.29, 1.82) is 0 Å². The number of nitrogen functional groups attached to an aromatic ring is 1. The predicted molar refractivity (Wildman–Crippen MR) is 54.7 cm³/mol. The van der Waals surface area contributed by atoms with E-state index in [2.05, 4.69) is 10.1 Å². The van der Waals surface area contributed by atoms with Crippen LogP contribution in [0.15, 0.2) is 30.7 Å². The Morgan fingerprint density at radius 1 is 1.50 bits per heavy atom. The lowest BCUT2D eigenvalue weighted by Crippen LogP contribution is -2.02. The number of rotatable bonds is 2. The Morgan fingerprint density at radius 2 is 2.36 bits per heavy atom. The van der Waals surface area contributed by atoms with Crippen LogP contribution in [-0.2, 0) is 6.54 Å². The molecule has 14 heavy (non-hydrogen) atoms. The SMILES string of the molecule is Cc1ncccc1Cn1cc(N)cn1. The van der Waals surface area contributed by atoms with E-state index < -0.39 is 0 Å². The minimum Gasteiger partial charge on any atom is -0.396 e. The average Bonchev–Trinajstić information content (AvgIpc) is 2.56. The van der Waals surface area contributed by atoms with Gasteiger partial charge in [-0.25, -0.2) is 0 Å². The molecular weight excluding hydrogens is 176 g/mol. The van der Waals surface area contributed by atoms with Crippen molar-refractivity contribution in [3.8, 4) is 0 Å². The van der Waals surface area contributed by atoms with Crippen molar-refractivity contribution in [3.05, 3.63) is 42.0 Å². The Morgan fingerprint density at radius 3 is 3.00 bits per heavy atom. The summed E-state index contributed by atoms with van der Waals surface area (Å²) in [6.45, 7) is 2.71. The first-order valence-corrected chi connectivity index (χ1v) is 4.44. The van der Waals surface area contributed by atoms with E-state index in [1.807, 2.05) is 25.3 Å². The molecule has 4 heteroatoms. The van der Waals surface area contributed by atoms with E-state index in [4.69, 9.17) is 5.73 Å². The van der Waals surface area contributed by atoms with Gasteiger partial charge in [0, 0.05) is 18.1 Å². The molecule has 0 aliphatic heterocycles. The molecule has 4 nitrogen and oxygen atoms in total. The first-order chi connectivity index (χ1) is 6.75. The Labute approximate surface area is 82.4 Å². The zero-order valence-corrected chi connectivity index (χ0v) is 8.01. The second-order valence-electron chi connectivity index (χ2n) is 3.22. The molecule has 0 fully saturated rings. The lowest BCUT2D eigenvalue weighted by atomic mass is 10.2. The van der Waals surface area contributed by atoms with E-state index in [-0.39, 0.29) is 0 Å². The standard InChI is InChI=1S/C10H12N4/c1-8-9(3-2-4-12-8)6-14-7-10(11)5-13-14/h2-5,7H,6,11H2,1H3. The van der Waals surface area contributed by atoms with Gasteiger partial charge in [-0.05, 0) is 18.6 Å². The van der Waals surface area contributed by atoms with Gasteiger partial charge in [-0.3, -0.25) is 9.67 Å². The van der Waals surface area contributed by atoms with Crippen molar-refractivity contribution in [2.45, 2.75) is 13.5 Å². The summed E-state index contributed by atoms with van der Waals surface area (Å²) < 4.78 is 1.80. The lowest BCUT2D eigenvalue weighted by Gasteiger charge is -2.03. The van der Waals surface area contributed by atoms with Gasteiger partial charge in [0.25, 0.3) is 0 Å². The van der Waals surface area contributed by atoms with E-state index >= 15 is 0 Å². The van der Waals surface area contributed by atoms with Crippen LogP contribution >= 0.6 is 0 Å². The number of pyridine rings is 1. The molecular formula is C10H12N4. The van der Waals surface area contributed by atoms with Crippen molar-refractivity contribution < 1.29 is 0 Å². The maximum atomic E-state index is 5.57. The first kappa shape index (κ1) is 8.74. The van der Waals surface area contributed by atoms with Crippen LogP contribution < -0.4 is 5.73 Å². The number of hydrogen-bond donors (Lipinski definition) is 1. The van der Waals surface area contributed by atoms with Gasteiger partial charge in [0.1, 0.15) is 0 Å². The summed E-state index contributed by atoms with van der Waals surface area (Å²) in [6, 6.07) is 3.97. The molecule has 0 aromatic carbocycles. The highest BCUT2D eigenvalue weighted by Crippen LogP contribution is 2.07. The molecule has 0 aliphatic carbocycles. The van der Waals surface area contributed by atoms with Gasteiger partial charge < -0.3 is 5.73 Å². The highest BCUT2D eigenvalue weighted by molar-refractivity contribution is 5.31. The minimum absolute atomic E-state index is 0.687. The van der Waals surface area contributed by atoms with Crippen LogP contribution in [0, 0.1) is 6.92 Å². The lowest BCUT2D eigenvalue weighted by molar-refractivity contribution is 0.681. The summed E-state index contributed by atoms with van der Waals surface area (Å²) in [6.07, 6.45) is 5.24. The van der Waals surface area contributed by atoms with E-state index in [0.717, 1.165) is 17.8 Å². The highest BCUT2D eigenvalue weighted by atomic mass is 15.3. The number of nitrogens with two attached hydrogens (primary N) is 1. The Bertz CT molecular complexity index is 433. The maximum Gasteiger partial charge on any atom is 0.0719 e. The van der Waals surface area contributed by atoms with Crippen molar-refractivity contribution in [3.63, 3.8) is 0 Å². The van der Waals surface area contributed by atoms with Crippen LogP contribution in [-0.4, -0.2) is 14.8 Å². The topological polar surface area (TPSA) is 56.7 Å². The molecule has 0 bridgehead atoms. The molecule has 2 N–H and O–H groups in total. The van der Waals surface area contributed by atoms with Crippen LogP contribution in [0.1, 0.15) is 11.3 Å². The second-order valence-corrected chi connectivity index (χ2v) is 3.22. The van der Waals surface area contributed by atoms with Crippen LogP contribution in [0.2, 0.25) is 0 Å². The van der Waals surface area contributed by atoms with Crippen molar-refractivity contribution in [1.82, 2.24) is 14.8 Å². The van der Waals surface area contributed by atoms with Crippen molar-refractivity contribution in [2.75, 3.05) is 5.73 Å². The number of aryl methyl sites for hydroxylation is 1. The van der Waals surface area contributed by atoms with E-state index in [1.165, 1.54) is 0 Å².